The van der Waals surface area contributed by atoms with Crippen molar-refractivity contribution in [2.24, 2.45) is 5.73 Å². The van der Waals surface area contributed by atoms with Gasteiger partial charge in [-0.05, 0) is 6.07 Å². The minimum Gasteiger partial charge on any atom is -0.460 e. The summed E-state index contributed by atoms with van der Waals surface area (Å²) in [5, 5.41) is 7.03. The fourth-order valence-electron chi connectivity index (χ4n) is 2.55. The number of rotatable bonds is 5. The smallest absolute Gasteiger partial charge is 0.313 e. The molecule has 1 aromatic carbocycles. The maximum Gasteiger partial charge on any atom is 0.313 e. The van der Waals surface area contributed by atoms with Crippen molar-refractivity contribution in [2.75, 3.05) is 31.1 Å². The van der Waals surface area contributed by atoms with Crippen LogP contribution >= 0.6 is 0 Å². The number of halogens is 1. The van der Waals surface area contributed by atoms with Crippen LogP contribution in [-0.2, 0) is 20.9 Å². The van der Waals surface area contributed by atoms with Gasteiger partial charge in [0.25, 0.3) is 0 Å². The fourth-order valence-corrected chi connectivity index (χ4v) is 2.55. The second kappa shape index (κ2) is 7.76. The van der Waals surface area contributed by atoms with E-state index in [1.165, 1.54) is 6.92 Å². The van der Waals surface area contributed by atoms with Gasteiger partial charge in [-0.25, -0.2) is 4.39 Å². The zero-order valence-electron chi connectivity index (χ0n) is 13.5. The molecular formula is C16H21FN4O3. The number of carbonyl (C=O) groups excluding carboxylic acids is 2. The van der Waals surface area contributed by atoms with Gasteiger partial charge < -0.3 is 20.3 Å². The molecule has 2 rings (SSSR count). The molecule has 1 aromatic rings. The van der Waals surface area contributed by atoms with Gasteiger partial charge in [0.1, 0.15) is 18.9 Å². The topological polar surface area (TPSA) is 99.7 Å². The number of amidine groups is 1. The van der Waals surface area contributed by atoms with Gasteiger partial charge in [0, 0.05) is 38.7 Å². The summed E-state index contributed by atoms with van der Waals surface area (Å²) >= 11 is 0. The van der Waals surface area contributed by atoms with E-state index in [1.807, 2.05) is 4.90 Å². The number of benzene rings is 1. The first-order valence-corrected chi connectivity index (χ1v) is 7.65. The van der Waals surface area contributed by atoms with E-state index in [4.69, 9.17) is 15.9 Å². The van der Waals surface area contributed by atoms with Crippen LogP contribution in [0, 0.1) is 11.2 Å². The number of nitrogens with one attached hydrogen (secondary N) is 1. The summed E-state index contributed by atoms with van der Waals surface area (Å²) in [6.45, 7) is 3.50. The van der Waals surface area contributed by atoms with Crippen molar-refractivity contribution in [2.45, 2.75) is 20.0 Å². The summed E-state index contributed by atoms with van der Waals surface area (Å²) in [5.41, 5.74) is 5.81. The Balaban J connectivity index is 2.01. The molecule has 24 heavy (non-hydrogen) atoms. The molecule has 1 heterocycles. The number of ether oxygens (including phenoxy) is 1. The quantitative estimate of drug-likeness (QED) is 0.472. The lowest BCUT2D eigenvalue weighted by Gasteiger charge is -2.36. The zero-order valence-corrected chi connectivity index (χ0v) is 13.5. The number of hydrogen-bond donors (Lipinski definition) is 2. The van der Waals surface area contributed by atoms with Gasteiger partial charge in [-0.15, -0.1) is 0 Å². The Hall–Kier alpha value is -2.64. The van der Waals surface area contributed by atoms with Crippen LogP contribution in [0.2, 0.25) is 0 Å². The third-order valence-electron chi connectivity index (χ3n) is 3.85. The predicted octanol–water partition coefficient (Wildman–Crippen LogP) is 0.863. The van der Waals surface area contributed by atoms with Crippen LogP contribution in [0.25, 0.3) is 0 Å². The summed E-state index contributed by atoms with van der Waals surface area (Å²) in [5.74, 6) is -1.38. The van der Waals surface area contributed by atoms with Gasteiger partial charge in [0.2, 0.25) is 5.91 Å². The first-order valence-electron chi connectivity index (χ1n) is 7.65. The molecule has 0 saturated carbocycles. The van der Waals surface area contributed by atoms with E-state index in [1.54, 1.807) is 23.1 Å². The summed E-state index contributed by atoms with van der Waals surface area (Å²) in [6, 6.07) is 4.91. The third kappa shape index (κ3) is 4.43. The number of nitrogens with two attached hydrogens (primary N) is 1. The van der Waals surface area contributed by atoms with Crippen LogP contribution in [0.1, 0.15) is 18.9 Å². The number of anilines is 1. The Morgan fingerprint density at radius 1 is 1.29 bits per heavy atom. The first-order chi connectivity index (χ1) is 11.4. The Bertz CT molecular complexity index is 642. The molecule has 3 N–H and O–H groups in total. The third-order valence-corrected chi connectivity index (χ3v) is 3.85. The minimum atomic E-state index is -0.664. The van der Waals surface area contributed by atoms with E-state index in [2.05, 4.69) is 0 Å². The molecule has 7 nitrogen and oxygen atoms in total. The zero-order chi connectivity index (χ0) is 17.7. The maximum absolute atomic E-state index is 14.6. The highest BCUT2D eigenvalue weighted by Gasteiger charge is 2.22. The van der Waals surface area contributed by atoms with E-state index < -0.39 is 11.8 Å². The van der Waals surface area contributed by atoms with E-state index in [9.17, 15) is 14.0 Å². The Morgan fingerprint density at radius 3 is 2.54 bits per heavy atom. The second-order valence-corrected chi connectivity index (χ2v) is 5.61. The molecule has 0 spiro atoms. The Morgan fingerprint density at radius 2 is 1.96 bits per heavy atom. The molecule has 130 valence electrons. The molecule has 0 atom stereocenters. The summed E-state index contributed by atoms with van der Waals surface area (Å²) < 4.78 is 19.6. The minimum absolute atomic E-state index is 0.0151. The molecule has 0 aliphatic carbocycles. The highest BCUT2D eigenvalue weighted by molar-refractivity contribution is 5.94. The maximum atomic E-state index is 14.6. The second-order valence-electron chi connectivity index (χ2n) is 5.61. The number of carbonyl (C=O) groups is 2. The van der Waals surface area contributed by atoms with Gasteiger partial charge in [-0.3, -0.25) is 15.0 Å². The average Bonchev–Trinajstić information content (AvgIpc) is 2.53. The van der Waals surface area contributed by atoms with Gasteiger partial charge in [0.05, 0.1) is 5.69 Å². The Labute approximate surface area is 139 Å². The summed E-state index contributed by atoms with van der Waals surface area (Å²) in [7, 11) is 0. The predicted molar refractivity (Wildman–Crippen MR) is 87.2 cm³/mol. The van der Waals surface area contributed by atoms with Crippen molar-refractivity contribution in [3.05, 3.63) is 29.6 Å². The van der Waals surface area contributed by atoms with Crippen LogP contribution in [0.3, 0.4) is 0 Å². The molecular weight excluding hydrogens is 315 g/mol. The van der Waals surface area contributed by atoms with Gasteiger partial charge in [-0.2, -0.15) is 0 Å². The molecule has 1 aliphatic heterocycles. The van der Waals surface area contributed by atoms with Crippen molar-refractivity contribution in [1.29, 1.82) is 5.41 Å². The van der Waals surface area contributed by atoms with Gasteiger partial charge in [-0.1, -0.05) is 12.1 Å². The highest BCUT2D eigenvalue weighted by atomic mass is 19.1. The summed E-state index contributed by atoms with van der Waals surface area (Å²) in [6.07, 6.45) is -0.311. The first kappa shape index (κ1) is 17.7. The van der Waals surface area contributed by atoms with Crippen LogP contribution in [0.5, 0.6) is 0 Å². The van der Waals surface area contributed by atoms with E-state index in [0.29, 0.717) is 31.9 Å². The molecule has 1 saturated heterocycles. The molecule has 0 bridgehead atoms. The average molecular weight is 336 g/mol. The number of nitrogens with zero attached hydrogens (tertiary/aromatic N) is 2. The van der Waals surface area contributed by atoms with Crippen LogP contribution in [0.4, 0.5) is 10.1 Å². The molecule has 8 heteroatoms. The van der Waals surface area contributed by atoms with E-state index >= 15 is 0 Å². The molecule has 1 amide bonds. The number of esters is 1. The van der Waals surface area contributed by atoms with Gasteiger partial charge >= 0.3 is 5.97 Å². The van der Waals surface area contributed by atoms with E-state index in [0.717, 1.165) is 0 Å². The normalized spacial score (nSPS) is 14.4. The van der Waals surface area contributed by atoms with Crippen LogP contribution in [-0.4, -0.2) is 48.8 Å². The van der Waals surface area contributed by atoms with Crippen molar-refractivity contribution >= 4 is 23.4 Å². The number of amides is 1. The Kier molecular flexibility index (Phi) is 5.73. The summed E-state index contributed by atoms with van der Waals surface area (Å²) in [4.78, 5) is 26.4. The lowest BCUT2D eigenvalue weighted by molar-refractivity contribution is -0.143. The number of piperazine rings is 1. The van der Waals surface area contributed by atoms with Crippen LogP contribution < -0.4 is 10.6 Å². The molecule has 0 aromatic heterocycles. The lowest BCUT2D eigenvalue weighted by atomic mass is 10.1. The van der Waals surface area contributed by atoms with Crippen LogP contribution in [0.15, 0.2) is 18.2 Å². The van der Waals surface area contributed by atoms with Crippen molar-refractivity contribution in [1.82, 2.24) is 4.90 Å². The van der Waals surface area contributed by atoms with Crippen molar-refractivity contribution < 1.29 is 18.7 Å². The van der Waals surface area contributed by atoms with Crippen molar-refractivity contribution in [3.8, 4) is 0 Å². The van der Waals surface area contributed by atoms with Crippen molar-refractivity contribution in [3.63, 3.8) is 0 Å². The molecule has 0 unspecified atom stereocenters. The standard InChI is InChI=1S/C16H21FN4O3/c1-11(22)20-5-7-21(8-6-20)13-4-2-3-12(16(13)17)10-24-15(23)9-14(18)19/h2-4H,5-10H2,1H3,(H3,18,19). The monoisotopic (exact) mass is 336 g/mol. The number of hydrogen-bond acceptors (Lipinski definition) is 5. The molecule has 0 radical (unpaired) electrons. The SMILES string of the molecule is CC(=O)N1CCN(c2cccc(COC(=O)CC(=N)N)c2F)CC1. The van der Waals surface area contributed by atoms with Gasteiger partial charge in [0.15, 0.2) is 5.82 Å². The lowest BCUT2D eigenvalue weighted by Crippen LogP contribution is -2.48. The largest absolute Gasteiger partial charge is 0.460 e. The molecule has 1 aliphatic rings. The van der Waals surface area contributed by atoms with E-state index in [-0.39, 0.29) is 30.3 Å². The molecule has 1 fully saturated rings. The highest BCUT2D eigenvalue weighted by Crippen LogP contribution is 2.24. The fraction of sp³-hybridized carbons (Fsp3) is 0.438.